The third-order valence-corrected chi connectivity index (χ3v) is 1.28. The Balaban J connectivity index is 0.000000364. The first-order valence-corrected chi connectivity index (χ1v) is 3.92. The lowest BCUT2D eigenvalue weighted by molar-refractivity contribution is -0.104. The van der Waals surface area contributed by atoms with Crippen LogP contribution in [0.5, 0.6) is 0 Å². The van der Waals surface area contributed by atoms with Gasteiger partial charge in [-0.2, -0.15) is 0 Å². The summed E-state index contributed by atoms with van der Waals surface area (Å²) in [7, 11) is 0. The van der Waals surface area contributed by atoms with Crippen molar-refractivity contribution in [2.45, 2.75) is 6.92 Å². The van der Waals surface area contributed by atoms with Crippen molar-refractivity contribution >= 4 is 18.3 Å². The monoisotopic (exact) mass is 193 g/mol. The highest BCUT2D eigenvalue weighted by atomic mass is 16.4. The average Bonchev–Trinajstić information content (AvgIpc) is 2.29. The highest BCUT2D eigenvalue weighted by Gasteiger charge is 1.99. The molecule has 4 nitrogen and oxygen atoms in total. The van der Waals surface area contributed by atoms with Crippen LogP contribution in [0, 0.1) is 0 Å². The molecule has 0 heterocycles. The molecular formula is C10H11NO3. The number of hydrogen-bond acceptors (Lipinski definition) is 4. The summed E-state index contributed by atoms with van der Waals surface area (Å²) in [5.41, 5.74) is 0.442. The molecule has 0 unspecified atom stereocenters. The number of carbonyl (C=O) groups excluding carboxylic acids is 2. The van der Waals surface area contributed by atoms with E-state index in [1.165, 1.54) is 6.21 Å². The molecule has 1 N–H and O–H groups in total. The molecule has 0 fully saturated rings. The van der Waals surface area contributed by atoms with Crippen molar-refractivity contribution in [3.63, 3.8) is 0 Å². The van der Waals surface area contributed by atoms with Crippen molar-refractivity contribution in [1.82, 2.24) is 0 Å². The number of Topliss-reactive ketones (excluding diaryl/α,β-unsaturated/α-hetero) is 1. The number of carbonyl (C=O) groups is 2. The van der Waals surface area contributed by atoms with Gasteiger partial charge >= 0.3 is 0 Å². The third kappa shape index (κ3) is 4.82. The Hall–Kier alpha value is -1.97. The molecule has 0 radical (unpaired) electrons. The maximum absolute atomic E-state index is 10.6. The summed E-state index contributed by atoms with van der Waals surface area (Å²) < 4.78 is 0. The lowest BCUT2D eigenvalue weighted by Gasteiger charge is -1.88. The molecule has 0 aliphatic heterocycles. The molecule has 0 saturated heterocycles. The van der Waals surface area contributed by atoms with E-state index >= 15 is 0 Å². The van der Waals surface area contributed by atoms with E-state index in [4.69, 9.17) is 5.21 Å². The minimum atomic E-state index is -0.472. The van der Waals surface area contributed by atoms with E-state index in [0.717, 1.165) is 0 Å². The molecule has 0 saturated carbocycles. The predicted molar refractivity (Wildman–Crippen MR) is 52.8 cm³/mol. The van der Waals surface area contributed by atoms with Crippen molar-refractivity contribution in [1.29, 1.82) is 0 Å². The Kier molecular flexibility index (Phi) is 6.59. The van der Waals surface area contributed by atoms with Crippen LogP contribution in [0.1, 0.15) is 17.3 Å². The molecule has 74 valence electrons. The summed E-state index contributed by atoms with van der Waals surface area (Å²) in [5, 5.41) is 10.1. The molecule has 4 heteroatoms. The minimum absolute atomic E-state index is 0.315. The highest BCUT2D eigenvalue weighted by molar-refractivity contribution is 6.33. The van der Waals surface area contributed by atoms with Crippen molar-refractivity contribution in [3.8, 4) is 0 Å². The molecule has 0 aromatic heterocycles. The van der Waals surface area contributed by atoms with Crippen molar-refractivity contribution in [2.75, 3.05) is 0 Å². The molecule has 1 aromatic carbocycles. The van der Waals surface area contributed by atoms with E-state index in [9.17, 15) is 9.59 Å². The van der Waals surface area contributed by atoms with Crippen LogP contribution in [0.2, 0.25) is 0 Å². The fourth-order valence-corrected chi connectivity index (χ4v) is 0.670. The Morgan fingerprint density at radius 3 is 2.21 bits per heavy atom. The Bertz CT molecular complexity index is 302. The zero-order chi connectivity index (χ0) is 10.8. The number of hydrogen-bond donors (Lipinski definition) is 1. The van der Waals surface area contributed by atoms with Gasteiger partial charge in [0.05, 0.1) is 0 Å². The first kappa shape index (κ1) is 12.0. The van der Waals surface area contributed by atoms with E-state index in [1.807, 2.05) is 0 Å². The quantitative estimate of drug-likeness (QED) is 0.193. The molecule has 0 spiro atoms. The van der Waals surface area contributed by atoms with Gasteiger partial charge in [0.2, 0.25) is 5.78 Å². The second-order valence-electron chi connectivity index (χ2n) is 2.22. The Labute approximate surface area is 81.9 Å². The smallest absolute Gasteiger partial charge is 0.225 e. The van der Waals surface area contributed by atoms with Crippen molar-refractivity contribution < 1.29 is 14.8 Å². The average molecular weight is 193 g/mol. The minimum Gasteiger partial charge on any atom is -0.411 e. The van der Waals surface area contributed by atoms with Gasteiger partial charge < -0.3 is 5.21 Å². The summed E-state index contributed by atoms with van der Waals surface area (Å²) in [5.74, 6) is -0.472. The largest absolute Gasteiger partial charge is 0.411 e. The number of ketones is 1. The molecule has 0 atom stereocenters. The summed E-state index contributed by atoms with van der Waals surface area (Å²) in [6.45, 7) is 1.64. The molecule has 0 bridgehead atoms. The van der Waals surface area contributed by atoms with Gasteiger partial charge in [-0.15, -0.1) is 5.16 Å². The van der Waals surface area contributed by atoms with Crippen LogP contribution in [0.15, 0.2) is 35.5 Å². The maximum atomic E-state index is 10.6. The number of rotatable bonds is 2. The van der Waals surface area contributed by atoms with Gasteiger partial charge in [-0.25, -0.2) is 0 Å². The van der Waals surface area contributed by atoms with Crippen molar-refractivity contribution in [2.24, 2.45) is 5.16 Å². The first-order chi connectivity index (χ1) is 6.76. The third-order valence-electron chi connectivity index (χ3n) is 1.28. The van der Waals surface area contributed by atoms with Crippen LogP contribution >= 0.6 is 0 Å². The van der Waals surface area contributed by atoms with Gasteiger partial charge in [0.15, 0.2) is 6.29 Å². The maximum Gasteiger partial charge on any atom is 0.225 e. The fourth-order valence-electron chi connectivity index (χ4n) is 0.670. The molecule has 0 aliphatic carbocycles. The number of benzene rings is 1. The first-order valence-electron chi connectivity index (χ1n) is 3.92. The summed E-state index contributed by atoms with van der Waals surface area (Å²) in [4.78, 5) is 20.6. The summed E-state index contributed by atoms with van der Waals surface area (Å²) >= 11 is 0. The van der Waals surface area contributed by atoms with Gasteiger partial charge in [0.25, 0.3) is 0 Å². The van der Waals surface area contributed by atoms with E-state index in [-0.39, 0.29) is 0 Å². The van der Waals surface area contributed by atoms with E-state index in [0.29, 0.717) is 11.8 Å². The lowest BCUT2D eigenvalue weighted by Crippen LogP contribution is -1.97. The zero-order valence-corrected chi connectivity index (χ0v) is 7.75. The second-order valence-corrected chi connectivity index (χ2v) is 2.22. The van der Waals surface area contributed by atoms with E-state index < -0.39 is 5.78 Å². The van der Waals surface area contributed by atoms with Crippen molar-refractivity contribution in [3.05, 3.63) is 35.9 Å². The molecular weight excluding hydrogens is 182 g/mol. The fraction of sp³-hybridized carbons (Fsp3) is 0.100. The summed E-state index contributed by atoms with van der Waals surface area (Å²) in [6, 6.07) is 8.45. The van der Waals surface area contributed by atoms with Crippen LogP contribution in [0.25, 0.3) is 0 Å². The van der Waals surface area contributed by atoms with Crippen LogP contribution in [-0.2, 0) is 4.79 Å². The molecule has 0 aliphatic rings. The van der Waals surface area contributed by atoms with Crippen LogP contribution < -0.4 is 0 Å². The SMILES string of the molecule is C/C=N/O.O=CC(=O)c1ccccc1. The van der Waals surface area contributed by atoms with Gasteiger partial charge in [-0.3, -0.25) is 9.59 Å². The number of nitrogens with zero attached hydrogens (tertiary/aromatic N) is 1. The van der Waals surface area contributed by atoms with Crippen LogP contribution in [0.4, 0.5) is 0 Å². The molecule has 0 amide bonds. The Morgan fingerprint density at radius 2 is 1.86 bits per heavy atom. The lowest BCUT2D eigenvalue weighted by atomic mass is 10.1. The molecule has 1 aromatic rings. The normalized spacial score (nSPS) is 8.93. The van der Waals surface area contributed by atoms with E-state index in [1.54, 1.807) is 37.3 Å². The highest BCUT2D eigenvalue weighted by Crippen LogP contribution is 1.96. The predicted octanol–water partition coefficient (Wildman–Crippen LogP) is 1.53. The van der Waals surface area contributed by atoms with Crippen LogP contribution in [0.3, 0.4) is 0 Å². The summed E-state index contributed by atoms with van der Waals surface area (Å²) in [6.07, 6.45) is 1.62. The molecule has 1 rings (SSSR count). The zero-order valence-electron chi connectivity index (χ0n) is 7.75. The number of oxime groups is 1. The van der Waals surface area contributed by atoms with Gasteiger partial charge in [-0.1, -0.05) is 30.3 Å². The Morgan fingerprint density at radius 1 is 1.36 bits per heavy atom. The van der Waals surface area contributed by atoms with E-state index in [2.05, 4.69) is 5.16 Å². The molecule has 14 heavy (non-hydrogen) atoms. The van der Waals surface area contributed by atoms with Gasteiger partial charge in [0.1, 0.15) is 0 Å². The standard InChI is InChI=1S/C8H6O2.C2H5NO/c9-6-8(10)7-4-2-1-3-5-7;1-2-3-4/h1-6H;2,4H,1H3/b;3-2+. The van der Waals surface area contributed by atoms with Gasteiger partial charge in [0, 0.05) is 11.8 Å². The number of aldehydes is 1. The van der Waals surface area contributed by atoms with Gasteiger partial charge in [-0.05, 0) is 6.92 Å². The topological polar surface area (TPSA) is 66.7 Å². The van der Waals surface area contributed by atoms with Crippen LogP contribution in [-0.4, -0.2) is 23.5 Å². The second kappa shape index (κ2) is 7.67.